The lowest BCUT2D eigenvalue weighted by Crippen LogP contribution is -2.30. The number of nitrogens with zero attached hydrogens (tertiary/aromatic N) is 2. The molecule has 1 aliphatic heterocycles. The summed E-state index contributed by atoms with van der Waals surface area (Å²) in [5.41, 5.74) is 3.70. The van der Waals surface area contributed by atoms with Gasteiger partial charge >= 0.3 is 0 Å². The molecular formula is C21H20N2O2. The first-order valence-corrected chi connectivity index (χ1v) is 8.62. The maximum Gasteiger partial charge on any atom is 0.276 e. The fourth-order valence-corrected chi connectivity index (χ4v) is 3.50. The van der Waals surface area contributed by atoms with Crippen molar-refractivity contribution in [1.29, 1.82) is 0 Å². The summed E-state index contributed by atoms with van der Waals surface area (Å²) in [6.45, 7) is 2.83. The van der Waals surface area contributed by atoms with Gasteiger partial charge in [0.25, 0.3) is 5.91 Å². The number of likely N-dealkylation sites (tertiary alicyclic amines) is 1. The lowest BCUT2D eigenvalue weighted by atomic mass is 10.0. The van der Waals surface area contributed by atoms with E-state index in [0.717, 1.165) is 24.9 Å². The second-order valence-electron chi connectivity index (χ2n) is 6.51. The van der Waals surface area contributed by atoms with Crippen molar-refractivity contribution in [2.45, 2.75) is 25.8 Å². The van der Waals surface area contributed by atoms with Crippen LogP contribution >= 0.6 is 0 Å². The summed E-state index contributed by atoms with van der Waals surface area (Å²) in [6, 6.07) is 20.0. The molecule has 2 heterocycles. The van der Waals surface area contributed by atoms with Crippen LogP contribution in [0.4, 0.5) is 0 Å². The summed E-state index contributed by atoms with van der Waals surface area (Å²) in [5.74, 6) is 0.560. The van der Waals surface area contributed by atoms with E-state index in [0.29, 0.717) is 11.5 Å². The zero-order valence-corrected chi connectivity index (χ0v) is 14.2. The van der Waals surface area contributed by atoms with E-state index in [2.05, 4.69) is 36.3 Å². The van der Waals surface area contributed by atoms with Gasteiger partial charge in [-0.3, -0.25) is 4.79 Å². The van der Waals surface area contributed by atoms with Gasteiger partial charge in [-0.1, -0.05) is 65.3 Å². The van der Waals surface area contributed by atoms with E-state index >= 15 is 0 Å². The Hall–Kier alpha value is -2.88. The number of hydrogen-bond acceptors (Lipinski definition) is 3. The third-order valence-corrected chi connectivity index (χ3v) is 4.73. The lowest BCUT2D eigenvalue weighted by molar-refractivity contribution is 0.0725. The van der Waals surface area contributed by atoms with Crippen LogP contribution < -0.4 is 0 Å². The predicted molar refractivity (Wildman–Crippen MR) is 96.1 cm³/mol. The molecule has 4 rings (SSSR count). The molecule has 2 aromatic carbocycles. The second kappa shape index (κ2) is 6.55. The Morgan fingerprint density at radius 1 is 1.12 bits per heavy atom. The molecule has 0 bridgehead atoms. The Morgan fingerprint density at radius 2 is 1.96 bits per heavy atom. The molecule has 1 saturated heterocycles. The molecule has 0 N–H and O–H groups in total. The average Bonchev–Trinajstić information content (AvgIpc) is 3.32. The Labute approximate surface area is 147 Å². The van der Waals surface area contributed by atoms with Gasteiger partial charge in [-0.25, -0.2) is 0 Å². The maximum atomic E-state index is 13.0. The van der Waals surface area contributed by atoms with Gasteiger partial charge in [0.2, 0.25) is 0 Å². The van der Waals surface area contributed by atoms with Crippen molar-refractivity contribution in [2.24, 2.45) is 0 Å². The van der Waals surface area contributed by atoms with Crippen molar-refractivity contribution in [3.8, 4) is 11.3 Å². The minimum atomic E-state index is -0.0602. The molecule has 1 amide bonds. The highest BCUT2D eigenvalue weighted by molar-refractivity contribution is 5.93. The van der Waals surface area contributed by atoms with E-state index in [1.165, 1.54) is 11.1 Å². The lowest BCUT2D eigenvalue weighted by Gasteiger charge is -2.24. The highest BCUT2D eigenvalue weighted by Gasteiger charge is 2.32. The molecule has 1 atom stereocenters. The van der Waals surface area contributed by atoms with Crippen LogP contribution in [0, 0.1) is 6.92 Å². The monoisotopic (exact) mass is 332 g/mol. The SMILES string of the molecule is Cc1cccc([C@H]2CCCN2C(=O)c2cc(-c3ccccc3)on2)c1. The van der Waals surface area contributed by atoms with Crippen LogP contribution in [0.3, 0.4) is 0 Å². The van der Waals surface area contributed by atoms with Crippen molar-refractivity contribution in [1.82, 2.24) is 10.1 Å². The molecule has 1 aliphatic rings. The van der Waals surface area contributed by atoms with Gasteiger partial charge in [0, 0.05) is 18.2 Å². The zero-order valence-electron chi connectivity index (χ0n) is 14.2. The summed E-state index contributed by atoms with van der Waals surface area (Å²) < 4.78 is 5.39. The Bertz CT molecular complexity index is 886. The Morgan fingerprint density at radius 3 is 2.76 bits per heavy atom. The number of aryl methyl sites for hydroxylation is 1. The van der Waals surface area contributed by atoms with Crippen LogP contribution in [0.25, 0.3) is 11.3 Å². The van der Waals surface area contributed by atoms with Crippen LogP contribution in [0.5, 0.6) is 0 Å². The molecule has 0 aliphatic carbocycles. The minimum absolute atomic E-state index is 0.0602. The van der Waals surface area contributed by atoms with E-state index in [9.17, 15) is 4.79 Å². The Kier molecular flexibility index (Phi) is 4.10. The fraction of sp³-hybridized carbons (Fsp3) is 0.238. The van der Waals surface area contributed by atoms with Crippen molar-refractivity contribution in [3.63, 3.8) is 0 Å². The van der Waals surface area contributed by atoms with E-state index in [1.54, 1.807) is 6.07 Å². The first kappa shape index (κ1) is 15.6. The normalized spacial score (nSPS) is 17.0. The average molecular weight is 332 g/mol. The second-order valence-corrected chi connectivity index (χ2v) is 6.51. The van der Waals surface area contributed by atoms with Crippen LogP contribution in [-0.4, -0.2) is 22.5 Å². The third kappa shape index (κ3) is 3.07. The number of benzene rings is 2. The quantitative estimate of drug-likeness (QED) is 0.702. The Balaban J connectivity index is 1.59. The first-order valence-electron chi connectivity index (χ1n) is 8.62. The van der Waals surface area contributed by atoms with Crippen LogP contribution in [-0.2, 0) is 0 Å². The van der Waals surface area contributed by atoms with Gasteiger partial charge in [-0.15, -0.1) is 0 Å². The molecule has 4 heteroatoms. The highest BCUT2D eigenvalue weighted by Crippen LogP contribution is 2.33. The first-order chi connectivity index (χ1) is 12.2. The molecule has 3 aromatic rings. The largest absolute Gasteiger partial charge is 0.355 e. The van der Waals surface area contributed by atoms with E-state index in [1.807, 2.05) is 35.2 Å². The highest BCUT2D eigenvalue weighted by atomic mass is 16.5. The van der Waals surface area contributed by atoms with Crippen LogP contribution in [0.1, 0.15) is 40.5 Å². The van der Waals surface area contributed by atoms with Gasteiger partial charge in [-0.2, -0.15) is 0 Å². The predicted octanol–water partition coefficient (Wildman–Crippen LogP) is 4.63. The molecule has 0 spiro atoms. The molecule has 4 nitrogen and oxygen atoms in total. The summed E-state index contributed by atoms with van der Waals surface area (Å²) in [5, 5.41) is 4.02. The van der Waals surface area contributed by atoms with Crippen LogP contribution in [0.15, 0.2) is 65.2 Å². The smallest absolute Gasteiger partial charge is 0.276 e. The van der Waals surface area contributed by atoms with Gasteiger partial charge in [0.05, 0.1) is 6.04 Å². The molecule has 0 saturated carbocycles. The van der Waals surface area contributed by atoms with E-state index < -0.39 is 0 Å². The number of amides is 1. The number of carbonyl (C=O) groups is 1. The van der Waals surface area contributed by atoms with Crippen molar-refractivity contribution in [3.05, 3.63) is 77.5 Å². The minimum Gasteiger partial charge on any atom is -0.355 e. The van der Waals surface area contributed by atoms with E-state index in [-0.39, 0.29) is 11.9 Å². The van der Waals surface area contributed by atoms with Gasteiger partial charge < -0.3 is 9.42 Å². The van der Waals surface area contributed by atoms with Crippen molar-refractivity contribution in [2.75, 3.05) is 6.54 Å². The van der Waals surface area contributed by atoms with Crippen LogP contribution in [0.2, 0.25) is 0 Å². The van der Waals surface area contributed by atoms with Gasteiger partial charge in [0.1, 0.15) is 0 Å². The summed E-state index contributed by atoms with van der Waals surface area (Å²) in [6.07, 6.45) is 1.99. The maximum absolute atomic E-state index is 13.0. The fourth-order valence-electron chi connectivity index (χ4n) is 3.50. The van der Waals surface area contributed by atoms with E-state index in [4.69, 9.17) is 4.52 Å². The molecule has 126 valence electrons. The molecule has 0 unspecified atom stereocenters. The molecule has 25 heavy (non-hydrogen) atoms. The molecule has 1 aromatic heterocycles. The topological polar surface area (TPSA) is 46.3 Å². The molecular weight excluding hydrogens is 312 g/mol. The standard InChI is InChI=1S/C21H20N2O2/c1-15-7-5-10-17(13-15)19-11-6-12-23(19)21(24)18-14-20(25-22-18)16-8-3-2-4-9-16/h2-5,7-10,13-14,19H,6,11-12H2,1H3/t19-/m1/s1. The summed E-state index contributed by atoms with van der Waals surface area (Å²) >= 11 is 0. The number of carbonyl (C=O) groups excluding carboxylic acids is 1. The third-order valence-electron chi connectivity index (χ3n) is 4.73. The van der Waals surface area contributed by atoms with Gasteiger partial charge in [0.15, 0.2) is 11.5 Å². The number of rotatable bonds is 3. The molecule has 1 fully saturated rings. The molecule has 0 radical (unpaired) electrons. The van der Waals surface area contributed by atoms with Gasteiger partial charge in [-0.05, 0) is 25.3 Å². The summed E-state index contributed by atoms with van der Waals surface area (Å²) in [4.78, 5) is 14.9. The summed E-state index contributed by atoms with van der Waals surface area (Å²) in [7, 11) is 0. The van der Waals surface area contributed by atoms with Crippen molar-refractivity contribution >= 4 is 5.91 Å². The number of hydrogen-bond donors (Lipinski definition) is 0. The number of aromatic nitrogens is 1. The zero-order chi connectivity index (χ0) is 17.2. The van der Waals surface area contributed by atoms with Crippen molar-refractivity contribution < 1.29 is 9.32 Å².